The summed E-state index contributed by atoms with van der Waals surface area (Å²) in [5.74, 6) is 0.149. The highest BCUT2D eigenvalue weighted by Gasteiger charge is 2.29. The fraction of sp³-hybridized carbons (Fsp3) is 0.533. The zero-order valence-corrected chi connectivity index (χ0v) is 11.7. The average Bonchev–Trinajstić information content (AvgIpc) is 2.98. The molecule has 2 heterocycles. The minimum atomic E-state index is 0.149. The molecule has 0 aromatic heterocycles. The average molecular weight is 274 g/mol. The van der Waals surface area contributed by atoms with E-state index in [4.69, 9.17) is 15.9 Å². The quantitative estimate of drug-likeness (QED) is 0.634. The molecule has 108 valence electrons. The number of nitrogen functional groups attached to an aromatic ring is 1. The third kappa shape index (κ3) is 2.64. The van der Waals surface area contributed by atoms with Crippen LogP contribution in [0.4, 0.5) is 5.69 Å². The molecular weight excluding hydrogens is 252 g/mol. The van der Waals surface area contributed by atoms with Crippen LogP contribution in [-0.2, 0) is 4.74 Å². The fourth-order valence-corrected chi connectivity index (χ4v) is 3.18. The zero-order chi connectivity index (χ0) is 13.9. The van der Waals surface area contributed by atoms with E-state index in [1.54, 1.807) is 0 Å². The molecule has 0 saturated carbocycles. The van der Waals surface area contributed by atoms with Crippen LogP contribution in [0, 0.1) is 5.41 Å². The van der Waals surface area contributed by atoms with Crippen LogP contribution in [0.2, 0.25) is 0 Å². The molecule has 0 radical (unpaired) electrons. The van der Waals surface area contributed by atoms with Crippen molar-refractivity contribution in [3.05, 3.63) is 29.8 Å². The van der Waals surface area contributed by atoms with Gasteiger partial charge in [-0.2, -0.15) is 0 Å². The number of nitrogens with two attached hydrogens (primary N) is 1. The highest BCUT2D eigenvalue weighted by Crippen LogP contribution is 2.26. The lowest BCUT2D eigenvalue weighted by Gasteiger charge is -2.32. The third-order valence-corrected chi connectivity index (χ3v) is 4.26. The maximum absolute atomic E-state index is 7.71. The zero-order valence-electron chi connectivity index (χ0n) is 11.7. The number of morpholine rings is 1. The number of anilines is 1. The molecule has 20 heavy (non-hydrogen) atoms. The van der Waals surface area contributed by atoms with Gasteiger partial charge >= 0.3 is 0 Å². The van der Waals surface area contributed by atoms with E-state index in [-0.39, 0.29) is 5.84 Å². The van der Waals surface area contributed by atoms with Crippen LogP contribution >= 0.6 is 0 Å². The van der Waals surface area contributed by atoms with Gasteiger partial charge in [-0.3, -0.25) is 10.3 Å². The van der Waals surface area contributed by atoms with Gasteiger partial charge in [0, 0.05) is 43.5 Å². The molecule has 1 aromatic carbocycles. The monoisotopic (exact) mass is 274 g/mol. The largest absolute Gasteiger partial charge is 0.384 e. The molecule has 1 aromatic rings. The highest BCUT2D eigenvalue weighted by molar-refractivity contribution is 6.00. The van der Waals surface area contributed by atoms with E-state index in [0.29, 0.717) is 6.04 Å². The molecule has 5 heteroatoms. The minimum absolute atomic E-state index is 0.149. The highest BCUT2D eigenvalue weighted by atomic mass is 16.5. The standard InChI is InChI=1S/C15H22N4O/c16-15(17)13-3-1-2-4-14(13)19-6-5-12(11-19)18-7-9-20-10-8-18/h1-4,12H,5-11H2,(H3,16,17). The molecule has 0 bridgehead atoms. The van der Waals surface area contributed by atoms with Crippen LogP contribution in [0.1, 0.15) is 12.0 Å². The van der Waals surface area contributed by atoms with Gasteiger partial charge in [-0.1, -0.05) is 12.1 Å². The number of hydrogen-bond donors (Lipinski definition) is 2. The van der Waals surface area contributed by atoms with E-state index < -0.39 is 0 Å². The molecule has 1 atom stereocenters. The van der Waals surface area contributed by atoms with Gasteiger partial charge in [0.2, 0.25) is 0 Å². The maximum atomic E-state index is 7.71. The van der Waals surface area contributed by atoms with Crippen LogP contribution in [0.3, 0.4) is 0 Å². The van der Waals surface area contributed by atoms with E-state index >= 15 is 0 Å². The molecule has 0 aliphatic carbocycles. The minimum Gasteiger partial charge on any atom is -0.384 e. The van der Waals surface area contributed by atoms with Crippen molar-refractivity contribution in [1.82, 2.24) is 4.90 Å². The van der Waals surface area contributed by atoms with Gasteiger partial charge in [0.1, 0.15) is 5.84 Å². The van der Waals surface area contributed by atoms with E-state index in [1.165, 1.54) is 6.42 Å². The Labute approximate surface area is 119 Å². The Balaban J connectivity index is 1.72. The van der Waals surface area contributed by atoms with Crippen LogP contribution < -0.4 is 10.6 Å². The third-order valence-electron chi connectivity index (χ3n) is 4.26. The van der Waals surface area contributed by atoms with Crippen molar-refractivity contribution < 1.29 is 4.74 Å². The summed E-state index contributed by atoms with van der Waals surface area (Å²) >= 11 is 0. The van der Waals surface area contributed by atoms with Gasteiger partial charge in [-0.15, -0.1) is 0 Å². The number of rotatable bonds is 3. The van der Waals surface area contributed by atoms with Crippen molar-refractivity contribution in [3.63, 3.8) is 0 Å². The fourth-order valence-electron chi connectivity index (χ4n) is 3.18. The summed E-state index contributed by atoms with van der Waals surface area (Å²) in [7, 11) is 0. The molecule has 2 aliphatic rings. The Bertz CT molecular complexity index is 485. The summed E-state index contributed by atoms with van der Waals surface area (Å²) in [6.07, 6.45) is 1.17. The Morgan fingerprint density at radius 2 is 1.95 bits per heavy atom. The van der Waals surface area contributed by atoms with Crippen molar-refractivity contribution in [2.75, 3.05) is 44.3 Å². The van der Waals surface area contributed by atoms with E-state index in [9.17, 15) is 0 Å². The molecule has 3 N–H and O–H groups in total. The van der Waals surface area contributed by atoms with Crippen molar-refractivity contribution in [3.8, 4) is 0 Å². The maximum Gasteiger partial charge on any atom is 0.124 e. The first kappa shape index (κ1) is 13.4. The molecule has 5 nitrogen and oxygen atoms in total. The normalized spacial score (nSPS) is 24.0. The second-order valence-corrected chi connectivity index (χ2v) is 5.47. The van der Waals surface area contributed by atoms with Gasteiger partial charge in [0.05, 0.1) is 13.2 Å². The van der Waals surface area contributed by atoms with Gasteiger partial charge < -0.3 is 15.4 Å². The number of ether oxygens (including phenoxy) is 1. The van der Waals surface area contributed by atoms with Crippen molar-refractivity contribution in [1.29, 1.82) is 5.41 Å². The number of amidine groups is 1. The van der Waals surface area contributed by atoms with Crippen LogP contribution in [0.5, 0.6) is 0 Å². The molecule has 2 aliphatic heterocycles. The number of para-hydroxylation sites is 1. The Kier molecular flexibility index (Phi) is 3.89. The number of nitrogens with zero attached hydrogens (tertiary/aromatic N) is 2. The smallest absolute Gasteiger partial charge is 0.124 e. The van der Waals surface area contributed by atoms with Gasteiger partial charge in [-0.25, -0.2) is 0 Å². The predicted octanol–water partition coefficient (Wildman–Crippen LogP) is 0.882. The lowest BCUT2D eigenvalue weighted by atomic mass is 10.1. The van der Waals surface area contributed by atoms with Gasteiger partial charge in [0.25, 0.3) is 0 Å². The van der Waals surface area contributed by atoms with E-state index in [0.717, 1.165) is 50.6 Å². The predicted molar refractivity (Wildman–Crippen MR) is 80.5 cm³/mol. The van der Waals surface area contributed by atoms with Crippen LogP contribution in [0.25, 0.3) is 0 Å². The summed E-state index contributed by atoms with van der Waals surface area (Å²) in [6, 6.07) is 8.55. The summed E-state index contributed by atoms with van der Waals surface area (Å²) < 4.78 is 5.42. The molecule has 2 saturated heterocycles. The molecule has 2 fully saturated rings. The van der Waals surface area contributed by atoms with Gasteiger partial charge in [0.15, 0.2) is 0 Å². The summed E-state index contributed by atoms with van der Waals surface area (Å²) in [5.41, 5.74) is 7.63. The Morgan fingerprint density at radius 3 is 2.70 bits per heavy atom. The molecule has 0 amide bonds. The lowest BCUT2D eigenvalue weighted by Crippen LogP contribution is -2.44. The number of hydrogen-bond acceptors (Lipinski definition) is 4. The second kappa shape index (κ2) is 5.81. The van der Waals surface area contributed by atoms with Crippen LogP contribution in [0.15, 0.2) is 24.3 Å². The van der Waals surface area contributed by atoms with E-state index in [1.807, 2.05) is 18.2 Å². The number of benzene rings is 1. The second-order valence-electron chi connectivity index (χ2n) is 5.47. The van der Waals surface area contributed by atoms with Crippen LogP contribution in [-0.4, -0.2) is 56.2 Å². The molecule has 0 spiro atoms. The summed E-state index contributed by atoms with van der Waals surface area (Å²) in [5, 5.41) is 7.71. The summed E-state index contributed by atoms with van der Waals surface area (Å²) in [6.45, 7) is 5.82. The van der Waals surface area contributed by atoms with Crippen molar-refractivity contribution >= 4 is 11.5 Å². The molecule has 1 unspecified atom stereocenters. The first-order chi connectivity index (χ1) is 9.75. The number of nitrogens with one attached hydrogen (secondary N) is 1. The first-order valence-electron chi connectivity index (χ1n) is 7.26. The van der Waals surface area contributed by atoms with Gasteiger partial charge in [-0.05, 0) is 18.6 Å². The summed E-state index contributed by atoms with van der Waals surface area (Å²) in [4.78, 5) is 4.89. The molecular formula is C15H22N4O. The first-order valence-corrected chi connectivity index (χ1v) is 7.26. The topological polar surface area (TPSA) is 65.6 Å². The van der Waals surface area contributed by atoms with Crippen molar-refractivity contribution in [2.24, 2.45) is 5.73 Å². The lowest BCUT2D eigenvalue weighted by molar-refractivity contribution is 0.0209. The Morgan fingerprint density at radius 1 is 1.20 bits per heavy atom. The van der Waals surface area contributed by atoms with Crippen molar-refractivity contribution in [2.45, 2.75) is 12.5 Å². The SMILES string of the molecule is N=C(N)c1ccccc1N1CCC(N2CCOCC2)C1. The van der Waals surface area contributed by atoms with E-state index in [2.05, 4.69) is 15.9 Å². The Hall–Kier alpha value is -1.59. The molecule has 3 rings (SSSR count).